The highest BCUT2D eigenvalue weighted by Crippen LogP contribution is 2.41. The predicted molar refractivity (Wildman–Crippen MR) is 142 cm³/mol. The van der Waals surface area contributed by atoms with Crippen LogP contribution in [0.1, 0.15) is 68.6 Å². The van der Waals surface area contributed by atoms with Crippen LogP contribution >= 0.6 is 0 Å². The van der Waals surface area contributed by atoms with Crippen LogP contribution in [0.3, 0.4) is 0 Å². The molecule has 0 aliphatic carbocycles. The third-order valence-electron chi connectivity index (χ3n) is 6.56. The van der Waals surface area contributed by atoms with Gasteiger partial charge in [-0.3, -0.25) is 0 Å². The van der Waals surface area contributed by atoms with E-state index in [9.17, 15) is 5.11 Å². The lowest BCUT2D eigenvalue weighted by Crippen LogP contribution is -2.35. The summed E-state index contributed by atoms with van der Waals surface area (Å²) in [6, 6.07) is 26.2. The van der Waals surface area contributed by atoms with E-state index in [0.29, 0.717) is 0 Å². The molecule has 3 rings (SSSR count). The highest BCUT2D eigenvalue weighted by molar-refractivity contribution is 5.49. The van der Waals surface area contributed by atoms with Gasteiger partial charge in [-0.05, 0) is 47.4 Å². The van der Waals surface area contributed by atoms with E-state index in [1.807, 2.05) is 66.7 Å². The summed E-state index contributed by atoms with van der Waals surface area (Å²) >= 11 is 0. The van der Waals surface area contributed by atoms with Gasteiger partial charge in [0.05, 0.1) is 26.9 Å². The van der Waals surface area contributed by atoms with Gasteiger partial charge in [-0.2, -0.15) is 0 Å². The number of methoxy groups -OCH3 is 2. The zero-order valence-electron chi connectivity index (χ0n) is 21.4. The van der Waals surface area contributed by atoms with Crippen molar-refractivity contribution >= 4 is 0 Å². The lowest BCUT2D eigenvalue weighted by Gasteiger charge is -2.36. The van der Waals surface area contributed by atoms with E-state index < -0.39 is 11.7 Å². The molecule has 1 N–H and O–H groups in total. The van der Waals surface area contributed by atoms with Crippen molar-refractivity contribution < 1.29 is 19.3 Å². The minimum atomic E-state index is -0.887. The van der Waals surface area contributed by atoms with Crippen molar-refractivity contribution in [1.29, 1.82) is 0 Å². The molecule has 0 aliphatic rings. The van der Waals surface area contributed by atoms with Gasteiger partial charge in [-0.25, -0.2) is 0 Å². The third kappa shape index (κ3) is 7.09. The van der Waals surface area contributed by atoms with Crippen LogP contribution in [-0.2, 0) is 10.3 Å². The molecular formula is C31H40O4. The molecule has 0 fully saturated rings. The zero-order chi connectivity index (χ0) is 24.9. The quantitative estimate of drug-likeness (QED) is 0.187. The Bertz CT molecular complexity index is 920. The summed E-state index contributed by atoms with van der Waals surface area (Å²) in [5.41, 5.74) is 2.06. The summed E-state index contributed by atoms with van der Waals surface area (Å²) in [4.78, 5) is 0. The van der Waals surface area contributed by atoms with Gasteiger partial charge in [0.1, 0.15) is 17.1 Å². The van der Waals surface area contributed by atoms with Gasteiger partial charge in [-0.15, -0.1) is 0 Å². The minimum absolute atomic E-state index is 0.238. The fraction of sp³-hybridized carbons (Fsp3) is 0.419. The van der Waals surface area contributed by atoms with Crippen molar-refractivity contribution in [3.05, 3.63) is 95.6 Å². The van der Waals surface area contributed by atoms with E-state index >= 15 is 0 Å². The van der Waals surface area contributed by atoms with Crippen molar-refractivity contribution in [2.24, 2.45) is 0 Å². The molecule has 4 nitrogen and oxygen atoms in total. The maximum Gasteiger partial charge on any atom is 0.143 e. The van der Waals surface area contributed by atoms with Crippen LogP contribution in [0.5, 0.6) is 11.5 Å². The van der Waals surface area contributed by atoms with Gasteiger partial charge in [-0.1, -0.05) is 100 Å². The molecule has 0 saturated heterocycles. The Morgan fingerprint density at radius 1 is 0.657 bits per heavy atom. The van der Waals surface area contributed by atoms with Crippen LogP contribution in [0.25, 0.3) is 0 Å². The van der Waals surface area contributed by atoms with Crippen LogP contribution < -0.4 is 9.47 Å². The third-order valence-corrected chi connectivity index (χ3v) is 6.56. The first-order chi connectivity index (χ1) is 17.1. The Hall–Kier alpha value is -2.82. The first-order valence-electron chi connectivity index (χ1n) is 12.8. The van der Waals surface area contributed by atoms with Crippen LogP contribution in [0.2, 0.25) is 0 Å². The van der Waals surface area contributed by atoms with Gasteiger partial charge < -0.3 is 19.3 Å². The van der Waals surface area contributed by atoms with E-state index in [1.54, 1.807) is 14.2 Å². The fourth-order valence-corrected chi connectivity index (χ4v) is 4.54. The topological polar surface area (TPSA) is 47.9 Å². The highest BCUT2D eigenvalue weighted by Gasteiger charge is 2.38. The van der Waals surface area contributed by atoms with Gasteiger partial charge in [0.2, 0.25) is 0 Å². The van der Waals surface area contributed by atoms with Crippen LogP contribution in [-0.4, -0.2) is 32.0 Å². The molecule has 0 aromatic heterocycles. The fourth-order valence-electron chi connectivity index (χ4n) is 4.54. The Labute approximate surface area is 210 Å². The lowest BCUT2D eigenvalue weighted by molar-refractivity contribution is -0.0406. The summed E-state index contributed by atoms with van der Waals surface area (Å²) in [6.07, 6.45) is 7.41. The molecule has 0 unspecified atom stereocenters. The largest absolute Gasteiger partial charge is 0.497 e. The molecule has 0 amide bonds. The molecule has 188 valence electrons. The van der Waals surface area contributed by atoms with E-state index in [2.05, 4.69) is 19.1 Å². The van der Waals surface area contributed by atoms with E-state index in [1.165, 1.54) is 25.7 Å². The number of rotatable bonds is 15. The molecule has 0 radical (unpaired) electrons. The molecule has 0 heterocycles. The number of hydrogen-bond donors (Lipinski definition) is 1. The Morgan fingerprint density at radius 2 is 1.14 bits per heavy atom. The molecule has 35 heavy (non-hydrogen) atoms. The number of aliphatic hydroxyl groups excluding tert-OH is 1. The van der Waals surface area contributed by atoms with Gasteiger partial charge >= 0.3 is 0 Å². The summed E-state index contributed by atoms with van der Waals surface area (Å²) < 4.78 is 17.6. The van der Waals surface area contributed by atoms with Gasteiger partial charge in [0.15, 0.2) is 0 Å². The summed E-state index contributed by atoms with van der Waals surface area (Å²) in [5, 5.41) is 10.9. The van der Waals surface area contributed by atoms with Crippen molar-refractivity contribution in [1.82, 2.24) is 0 Å². The lowest BCUT2D eigenvalue weighted by atomic mass is 9.80. The normalized spacial score (nSPS) is 12.3. The second-order valence-corrected chi connectivity index (χ2v) is 9.03. The molecular weight excluding hydrogens is 436 g/mol. The Kier molecular flexibility index (Phi) is 10.6. The maximum absolute atomic E-state index is 10.9. The average molecular weight is 477 g/mol. The average Bonchev–Trinajstić information content (AvgIpc) is 2.92. The smallest absolute Gasteiger partial charge is 0.143 e. The number of benzene rings is 3. The first kappa shape index (κ1) is 26.8. The zero-order valence-corrected chi connectivity index (χ0v) is 21.4. The summed E-state index contributed by atoms with van der Waals surface area (Å²) in [5.74, 6) is 1.57. The van der Waals surface area contributed by atoms with Gasteiger partial charge in [0, 0.05) is 0 Å². The second kappa shape index (κ2) is 13.9. The number of aliphatic hydroxyl groups is 1. The van der Waals surface area contributed by atoms with E-state index in [4.69, 9.17) is 14.2 Å². The molecule has 3 aromatic carbocycles. The summed E-state index contributed by atoms with van der Waals surface area (Å²) in [7, 11) is 3.33. The molecule has 0 spiro atoms. The maximum atomic E-state index is 10.9. The van der Waals surface area contributed by atoms with Crippen LogP contribution in [0.15, 0.2) is 78.9 Å². The summed E-state index contributed by atoms with van der Waals surface area (Å²) in [6.45, 7) is 2.47. The number of ether oxygens (including phenoxy) is 3. The van der Waals surface area contributed by atoms with Crippen LogP contribution in [0, 0.1) is 0 Å². The minimum Gasteiger partial charge on any atom is -0.497 e. The van der Waals surface area contributed by atoms with Crippen molar-refractivity contribution in [3.63, 3.8) is 0 Å². The van der Waals surface area contributed by atoms with Gasteiger partial charge in [0.25, 0.3) is 0 Å². The monoisotopic (exact) mass is 476 g/mol. The predicted octanol–water partition coefficient (Wildman–Crippen LogP) is 7.12. The molecule has 0 aliphatic heterocycles. The van der Waals surface area contributed by atoms with Crippen molar-refractivity contribution in [2.75, 3.05) is 20.8 Å². The van der Waals surface area contributed by atoms with E-state index in [0.717, 1.165) is 47.5 Å². The first-order valence-corrected chi connectivity index (χ1v) is 12.8. The highest BCUT2D eigenvalue weighted by atomic mass is 16.5. The van der Waals surface area contributed by atoms with E-state index in [-0.39, 0.29) is 6.61 Å². The van der Waals surface area contributed by atoms with Crippen molar-refractivity contribution in [3.8, 4) is 11.5 Å². The molecule has 4 heteroatoms. The molecule has 3 aromatic rings. The van der Waals surface area contributed by atoms with Crippen LogP contribution in [0.4, 0.5) is 0 Å². The Morgan fingerprint density at radius 3 is 1.66 bits per heavy atom. The second-order valence-electron chi connectivity index (χ2n) is 9.03. The molecule has 0 saturated carbocycles. The Balaban J connectivity index is 1.91. The SMILES string of the molecule is CCCCCCCC[C@@H](O)COC(c1ccccc1)(c1ccc(OC)cc1)c1ccc(OC)cc1. The van der Waals surface area contributed by atoms with Crippen molar-refractivity contribution in [2.45, 2.75) is 63.6 Å². The molecule has 0 bridgehead atoms. The number of hydrogen-bond acceptors (Lipinski definition) is 4. The number of unbranched alkanes of at least 4 members (excludes halogenated alkanes) is 5. The standard InChI is InChI=1S/C31H40O4/c1-4-5-6-7-8-12-15-28(32)24-35-31(25-13-10-9-11-14-25,26-16-20-29(33-2)21-17-26)27-18-22-30(34-3)23-19-27/h9-11,13-14,16-23,28,32H,4-8,12,15,24H2,1-3H3/t28-/m1/s1. The molecule has 1 atom stereocenters.